The molecule has 18 heavy (non-hydrogen) atoms. The van der Waals surface area contributed by atoms with Gasteiger partial charge in [0.15, 0.2) is 0 Å². The zero-order chi connectivity index (χ0) is 15.1. The topological polar surface area (TPSA) is 162 Å². The third-order valence-electron chi connectivity index (χ3n) is 1.51. The van der Waals surface area contributed by atoms with Gasteiger partial charge < -0.3 is 40.9 Å². The predicted molar refractivity (Wildman–Crippen MR) is 63.7 cm³/mol. The fourth-order valence-corrected chi connectivity index (χ4v) is 0.671. The van der Waals surface area contributed by atoms with Crippen LogP contribution in [0.15, 0.2) is 0 Å². The van der Waals surface area contributed by atoms with Crippen LogP contribution < -0.4 is 0 Å². The van der Waals surface area contributed by atoms with Crippen LogP contribution in [0.4, 0.5) is 0 Å². The molecule has 114 valence electrons. The van der Waals surface area contributed by atoms with Crippen LogP contribution in [0.5, 0.6) is 0 Å². The van der Waals surface area contributed by atoms with Gasteiger partial charge in [-0.2, -0.15) is 0 Å². The number of aliphatic hydroxyl groups excluding tert-OH is 8. The maximum Gasteiger partial charge on any atom is 0.111 e. The second kappa shape index (κ2) is 16.7. The molecular formula is C10H26O8. The van der Waals surface area contributed by atoms with Gasteiger partial charge in [-0.05, 0) is 13.8 Å². The fourth-order valence-electron chi connectivity index (χ4n) is 0.671. The van der Waals surface area contributed by atoms with Crippen LogP contribution >= 0.6 is 0 Å². The van der Waals surface area contributed by atoms with Crippen molar-refractivity contribution in [1.82, 2.24) is 0 Å². The van der Waals surface area contributed by atoms with Crippen molar-refractivity contribution in [1.29, 1.82) is 0 Å². The normalized spacial score (nSPS) is 16.3. The van der Waals surface area contributed by atoms with Gasteiger partial charge >= 0.3 is 0 Å². The molecule has 0 fully saturated rings. The molecule has 4 atom stereocenters. The molecule has 0 heterocycles. The van der Waals surface area contributed by atoms with Gasteiger partial charge in [0, 0.05) is 13.2 Å². The summed E-state index contributed by atoms with van der Waals surface area (Å²) in [5.41, 5.74) is 0. The van der Waals surface area contributed by atoms with Crippen LogP contribution in [0.1, 0.15) is 13.8 Å². The molecule has 0 saturated carbocycles. The Balaban J connectivity index is -0.000000315. The lowest BCUT2D eigenvalue weighted by atomic mass is 10.0. The molecule has 0 radical (unpaired) electrons. The summed E-state index contributed by atoms with van der Waals surface area (Å²) < 4.78 is 0. The lowest BCUT2D eigenvalue weighted by Gasteiger charge is -2.24. The van der Waals surface area contributed by atoms with E-state index in [1.807, 2.05) is 0 Å². The van der Waals surface area contributed by atoms with Gasteiger partial charge in [-0.3, -0.25) is 0 Å². The fraction of sp³-hybridized carbons (Fsp3) is 1.00. The van der Waals surface area contributed by atoms with Gasteiger partial charge in [-0.25, -0.2) is 0 Å². The molecule has 0 aliphatic rings. The van der Waals surface area contributed by atoms with Gasteiger partial charge in [0.05, 0.1) is 13.2 Å². The van der Waals surface area contributed by atoms with Crippen LogP contribution in [-0.2, 0) is 0 Å². The monoisotopic (exact) mass is 274 g/mol. The molecule has 0 aliphatic carbocycles. The zero-order valence-corrected chi connectivity index (χ0v) is 10.7. The van der Waals surface area contributed by atoms with Crippen molar-refractivity contribution in [2.45, 2.75) is 38.3 Å². The van der Waals surface area contributed by atoms with E-state index in [1.165, 1.54) is 0 Å². The summed E-state index contributed by atoms with van der Waals surface area (Å²) >= 11 is 0. The molecule has 0 amide bonds. The molecular weight excluding hydrogens is 248 g/mol. The number of hydrogen-bond acceptors (Lipinski definition) is 8. The Kier molecular flexibility index (Phi) is 21.2. The molecule has 0 aliphatic heterocycles. The van der Waals surface area contributed by atoms with Gasteiger partial charge in [-0.15, -0.1) is 0 Å². The Labute approximate surface area is 106 Å². The van der Waals surface area contributed by atoms with Crippen LogP contribution in [0.2, 0.25) is 0 Å². The van der Waals surface area contributed by atoms with Gasteiger partial charge in [0.1, 0.15) is 24.4 Å². The lowest BCUT2D eigenvalue weighted by Crippen LogP contribution is -2.46. The molecule has 0 unspecified atom stereocenters. The Morgan fingerprint density at radius 1 is 0.611 bits per heavy atom. The van der Waals surface area contributed by atoms with E-state index in [0.29, 0.717) is 0 Å². The molecule has 0 rings (SSSR count). The van der Waals surface area contributed by atoms with Crippen LogP contribution in [0.25, 0.3) is 0 Å². The first kappa shape index (κ1) is 22.8. The summed E-state index contributed by atoms with van der Waals surface area (Å²) in [5, 5.41) is 67.3. The first-order chi connectivity index (χ1) is 8.37. The molecule has 8 N–H and O–H groups in total. The predicted octanol–water partition coefficient (Wildman–Crippen LogP) is -3.59. The van der Waals surface area contributed by atoms with E-state index in [0.717, 1.165) is 0 Å². The van der Waals surface area contributed by atoms with Crippen molar-refractivity contribution < 1.29 is 40.9 Å². The Hall–Kier alpha value is -0.320. The van der Waals surface area contributed by atoms with Crippen LogP contribution in [0, 0.1) is 0 Å². The van der Waals surface area contributed by atoms with Crippen LogP contribution in [0.3, 0.4) is 0 Å². The van der Waals surface area contributed by atoms with Gasteiger partial charge in [-0.1, -0.05) is 0 Å². The molecule has 0 saturated heterocycles. The van der Waals surface area contributed by atoms with E-state index in [4.69, 9.17) is 40.9 Å². The van der Waals surface area contributed by atoms with E-state index < -0.39 is 37.6 Å². The molecule has 0 bridgehead atoms. The molecule has 0 aromatic carbocycles. The summed E-state index contributed by atoms with van der Waals surface area (Å²) in [6.07, 6.45) is -6.39. The van der Waals surface area contributed by atoms with Crippen LogP contribution in [-0.4, -0.2) is 91.7 Å². The summed E-state index contributed by atoms with van der Waals surface area (Å²) in [6.45, 7) is 2.41. The van der Waals surface area contributed by atoms with Crippen molar-refractivity contribution in [3.8, 4) is 0 Å². The quantitative estimate of drug-likeness (QED) is 0.255. The highest BCUT2D eigenvalue weighted by atomic mass is 16.4. The summed E-state index contributed by atoms with van der Waals surface area (Å²) in [6, 6.07) is 0. The minimum absolute atomic E-state index is 0.250. The van der Waals surface area contributed by atoms with Crippen molar-refractivity contribution in [3.05, 3.63) is 0 Å². The second-order valence-electron chi connectivity index (χ2n) is 3.11. The zero-order valence-electron chi connectivity index (χ0n) is 10.7. The minimum atomic E-state index is -1.67. The standard InChI is InChI=1S/C6H14O6.2C2H6O/c7-1-3(9)5(11)6(12)4(10)2-8;2*1-2-3/h3-12H,1-2H2;2*3H,2H2,1H3/t3-,4+,5-,6-;;/m1../s1. The van der Waals surface area contributed by atoms with Crippen molar-refractivity contribution in [3.63, 3.8) is 0 Å². The van der Waals surface area contributed by atoms with E-state index in [-0.39, 0.29) is 13.2 Å². The lowest BCUT2D eigenvalue weighted by molar-refractivity contribution is -0.123. The second-order valence-corrected chi connectivity index (χ2v) is 3.11. The van der Waals surface area contributed by atoms with Crippen molar-refractivity contribution in [2.24, 2.45) is 0 Å². The molecule has 8 heteroatoms. The van der Waals surface area contributed by atoms with Crippen molar-refractivity contribution in [2.75, 3.05) is 26.4 Å². The highest BCUT2D eigenvalue weighted by molar-refractivity contribution is 4.79. The summed E-state index contributed by atoms with van der Waals surface area (Å²) in [7, 11) is 0. The summed E-state index contributed by atoms with van der Waals surface area (Å²) in [4.78, 5) is 0. The average molecular weight is 274 g/mol. The first-order valence-corrected chi connectivity index (χ1v) is 5.53. The van der Waals surface area contributed by atoms with E-state index in [1.54, 1.807) is 13.8 Å². The van der Waals surface area contributed by atoms with E-state index >= 15 is 0 Å². The highest BCUT2D eigenvalue weighted by Gasteiger charge is 2.29. The summed E-state index contributed by atoms with van der Waals surface area (Å²) in [5.74, 6) is 0. The van der Waals surface area contributed by atoms with Crippen molar-refractivity contribution >= 4 is 0 Å². The van der Waals surface area contributed by atoms with Gasteiger partial charge in [0.2, 0.25) is 0 Å². The third-order valence-corrected chi connectivity index (χ3v) is 1.51. The maximum atomic E-state index is 8.96. The smallest absolute Gasteiger partial charge is 0.111 e. The largest absolute Gasteiger partial charge is 0.397 e. The molecule has 0 spiro atoms. The van der Waals surface area contributed by atoms with E-state index in [2.05, 4.69) is 0 Å². The number of rotatable bonds is 5. The SMILES string of the molecule is CCO.CCO.OC[C@@H](O)[C@@H](O)[C@H](O)[C@@H](O)CO. The Morgan fingerprint density at radius 3 is 0.889 bits per heavy atom. The number of hydrogen-bond donors (Lipinski definition) is 8. The maximum absolute atomic E-state index is 8.96. The molecule has 0 aromatic heterocycles. The van der Waals surface area contributed by atoms with E-state index in [9.17, 15) is 0 Å². The molecule has 0 aromatic rings. The minimum Gasteiger partial charge on any atom is -0.397 e. The average Bonchev–Trinajstić information content (AvgIpc) is 2.36. The van der Waals surface area contributed by atoms with Gasteiger partial charge in [0.25, 0.3) is 0 Å². The Morgan fingerprint density at radius 2 is 0.778 bits per heavy atom. The number of aliphatic hydroxyl groups is 8. The molecule has 8 nitrogen and oxygen atoms in total. The third kappa shape index (κ3) is 13.7. The highest BCUT2D eigenvalue weighted by Crippen LogP contribution is 2.03. The first-order valence-electron chi connectivity index (χ1n) is 5.53. The Bertz CT molecular complexity index is 130.